The van der Waals surface area contributed by atoms with E-state index in [1.54, 1.807) is 24.3 Å². The highest BCUT2D eigenvalue weighted by molar-refractivity contribution is 6.34. The lowest BCUT2D eigenvalue weighted by atomic mass is 10.0. The minimum atomic E-state index is -4.74. The van der Waals surface area contributed by atoms with Crippen LogP contribution >= 0.6 is 11.6 Å². The number of halogens is 4. The zero-order valence-corrected chi connectivity index (χ0v) is 13.2. The van der Waals surface area contributed by atoms with Gasteiger partial charge in [0.05, 0.1) is 10.6 Å². The van der Waals surface area contributed by atoms with E-state index in [-0.39, 0.29) is 11.7 Å². The number of benzene rings is 2. The van der Waals surface area contributed by atoms with Crippen molar-refractivity contribution in [1.82, 2.24) is 0 Å². The topological polar surface area (TPSA) is 29.5 Å². The van der Waals surface area contributed by atoms with Crippen molar-refractivity contribution in [3.8, 4) is 5.75 Å². The van der Waals surface area contributed by atoms with E-state index in [2.05, 4.69) is 4.74 Å². The second kappa shape index (κ2) is 6.36. The minimum Gasteiger partial charge on any atom is -0.406 e. The molecule has 0 saturated carbocycles. The number of anilines is 1. The van der Waals surface area contributed by atoms with Crippen LogP contribution in [0.1, 0.15) is 22.3 Å². The molecular formula is C17H13ClF3NO2. The minimum absolute atomic E-state index is 0.272. The molecule has 1 amide bonds. The summed E-state index contributed by atoms with van der Waals surface area (Å²) in [5.41, 5.74) is 1.59. The number of carbonyl (C=O) groups excluding carboxylic acids is 1. The van der Waals surface area contributed by atoms with Crippen molar-refractivity contribution in [3.63, 3.8) is 0 Å². The number of rotatable bonds is 2. The highest BCUT2D eigenvalue weighted by Gasteiger charge is 2.32. The molecular weight excluding hydrogens is 343 g/mol. The third-order valence-corrected chi connectivity index (χ3v) is 4.08. The van der Waals surface area contributed by atoms with Gasteiger partial charge in [-0.05, 0) is 48.7 Å². The summed E-state index contributed by atoms with van der Waals surface area (Å²) in [6, 6.07) is 10.7. The molecule has 2 aromatic rings. The van der Waals surface area contributed by atoms with Gasteiger partial charge in [0.25, 0.3) is 5.91 Å². The zero-order valence-electron chi connectivity index (χ0n) is 12.4. The van der Waals surface area contributed by atoms with Crippen LogP contribution in [-0.2, 0) is 6.42 Å². The molecule has 24 heavy (non-hydrogen) atoms. The summed E-state index contributed by atoms with van der Waals surface area (Å²) < 4.78 is 41.0. The number of hydrogen-bond donors (Lipinski definition) is 0. The van der Waals surface area contributed by atoms with Crippen LogP contribution in [0.4, 0.5) is 18.9 Å². The molecule has 0 aromatic heterocycles. The summed E-state index contributed by atoms with van der Waals surface area (Å²) in [6.45, 7) is 0.483. The fourth-order valence-corrected chi connectivity index (χ4v) is 2.98. The quantitative estimate of drug-likeness (QED) is 0.772. The van der Waals surface area contributed by atoms with E-state index in [1.807, 2.05) is 0 Å². The molecule has 126 valence electrons. The van der Waals surface area contributed by atoms with Crippen LogP contribution < -0.4 is 9.64 Å². The third kappa shape index (κ3) is 3.48. The van der Waals surface area contributed by atoms with Crippen LogP contribution in [0.5, 0.6) is 5.75 Å². The first kappa shape index (κ1) is 16.6. The van der Waals surface area contributed by atoms with Gasteiger partial charge in [-0.2, -0.15) is 0 Å². The first-order valence-corrected chi connectivity index (χ1v) is 7.68. The number of fused-ring (bicyclic) bond motifs is 1. The maximum atomic E-state index is 12.7. The van der Waals surface area contributed by atoms with Crippen LogP contribution in [0.3, 0.4) is 0 Å². The standard InChI is InChI=1S/C17H13ClF3NO2/c18-14-6-2-1-5-13(14)16(23)22-9-3-4-11-10-12(7-8-15(11)22)24-17(19,20)21/h1-2,5-8,10H,3-4,9H2. The van der Waals surface area contributed by atoms with Crippen LogP contribution in [0, 0.1) is 0 Å². The number of carbonyl (C=O) groups is 1. The molecule has 7 heteroatoms. The fourth-order valence-electron chi connectivity index (χ4n) is 2.76. The normalized spacial score (nSPS) is 14.2. The van der Waals surface area contributed by atoms with E-state index >= 15 is 0 Å². The second-order valence-corrected chi connectivity index (χ2v) is 5.79. The largest absolute Gasteiger partial charge is 0.573 e. The lowest BCUT2D eigenvalue weighted by molar-refractivity contribution is -0.274. The lowest BCUT2D eigenvalue weighted by Gasteiger charge is -2.30. The predicted molar refractivity (Wildman–Crippen MR) is 84.6 cm³/mol. The van der Waals surface area contributed by atoms with Crippen molar-refractivity contribution in [2.45, 2.75) is 19.2 Å². The fraction of sp³-hybridized carbons (Fsp3) is 0.235. The first-order valence-electron chi connectivity index (χ1n) is 7.30. The molecule has 3 nitrogen and oxygen atoms in total. The SMILES string of the molecule is O=C(c1ccccc1Cl)N1CCCc2cc(OC(F)(F)F)ccc21. The van der Waals surface area contributed by atoms with Gasteiger partial charge >= 0.3 is 6.36 Å². The van der Waals surface area contributed by atoms with E-state index in [0.29, 0.717) is 41.2 Å². The zero-order chi connectivity index (χ0) is 17.3. The summed E-state index contributed by atoms with van der Waals surface area (Å²) in [6.07, 6.45) is -3.51. The van der Waals surface area contributed by atoms with Gasteiger partial charge in [0.2, 0.25) is 0 Å². The Hall–Kier alpha value is -2.21. The Bertz CT molecular complexity index is 777. The highest BCUT2D eigenvalue weighted by atomic mass is 35.5. The highest BCUT2D eigenvalue weighted by Crippen LogP contribution is 2.34. The third-order valence-electron chi connectivity index (χ3n) is 3.75. The van der Waals surface area contributed by atoms with Crippen molar-refractivity contribution in [3.05, 3.63) is 58.6 Å². The number of alkyl halides is 3. The molecule has 0 spiro atoms. The molecule has 0 saturated heterocycles. The molecule has 2 aromatic carbocycles. The monoisotopic (exact) mass is 355 g/mol. The van der Waals surface area contributed by atoms with Crippen LogP contribution in [-0.4, -0.2) is 18.8 Å². The van der Waals surface area contributed by atoms with Gasteiger partial charge in [0.1, 0.15) is 5.75 Å². The average Bonchev–Trinajstić information content (AvgIpc) is 2.52. The Morgan fingerprint density at radius 1 is 1.17 bits per heavy atom. The van der Waals surface area contributed by atoms with Gasteiger partial charge in [-0.1, -0.05) is 23.7 Å². The molecule has 3 rings (SSSR count). The predicted octanol–water partition coefficient (Wildman–Crippen LogP) is 4.83. The van der Waals surface area contributed by atoms with Gasteiger partial charge in [0, 0.05) is 12.2 Å². The smallest absolute Gasteiger partial charge is 0.406 e. The second-order valence-electron chi connectivity index (χ2n) is 5.38. The Balaban J connectivity index is 1.92. The van der Waals surface area contributed by atoms with Crippen molar-refractivity contribution >= 4 is 23.2 Å². The van der Waals surface area contributed by atoms with Crippen LogP contribution in [0.25, 0.3) is 0 Å². The first-order chi connectivity index (χ1) is 11.3. The maximum Gasteiger partial charge on any atom is 0.573 e. The summed E-state index contributed by atoms with van der Waals surface area (Å²) in [5, 5.41) is 0.339. The Morgan fingerprint density at radius 3 is 2.62 bits per heavy atom. The molecule has 0 fully saturated rings. The molecule has 1 aliphatic rings. The molecule has 0 atom stereocenters. The van der Waals surface area contributed by atoms with E-state index in [0.717, 1.165) is 0 Å². The number of nitrogens with zero attached hydrogens (tertiary/aromatic N) is 1. The van der Waals surface area contributed by atoms with E-state index in [1.165, 1.54) is 23.1 Å². The Kier molecular flexibility index (Phi) is 4.41. The lowest BCUT2D eigenvalue weighted by Crippen LogP contribution is -2.35. The molecule has 1 aliphatic heterocycles. The van der Waals surface area contributed by atoms with Crippen molar-refractivity contribution in [1.29, 1.82) is 0 Å². The summed E-state index contributed by atoms with van der Waals surface area (Å²) in [4.78, 5) is 14.3. The van der Waals surface area contributed by atoms with Crippen molar-refractivity contribution < 1.29 is 22.7 Å². The summed E-state index contributed by atoms with van der Waals surface area (Å²) in [7, 11) is 0. The average molecular weight is 356 g/mol. The number of amides is 1. The van der Waals surface area contributed by atoms with Crippen LogP contribution in [0.2, 0.25) is 5.02 Å². The summed E-state index contributed by atoms with van der Waals surface area (Å²) >= 11 is 6.07. The van der Waals surface area contributed by atoms with Crippen molar-refractivity contribution in [2.75, 3.05) is 11.4 Å². The van der Waals surface area contributed by atoms with E-state index in [9.17, 15) is 18.0 Å². The van der Waals surface area contributed by atoms with E-state index in [4.69, 9.17) is 11.6 Å². The molecule has 0 N–H and O–H groups in total. The Labute approximate surface area is 141 Å². The van der Waals surface area contributed by atoms with Crippen LogP contribution in [0.15, 0.2) is 42.5 Å². The maximum absolute atomic E-state index is 12.7. The molecule has 0 radical (unpaired) electrons. The molecule has 1 heterocycles. The Morgan fingerprint density at radius 2 is 1.92 bits per heavy atom. The van der Waals surface area contributed by atoms with Crippen molar-refractivity contribution in [2.24, 2.45) is 0 Å². The number of hydrogen-bond acceptors (Lipinski definition) is 2. The number of ether oxygens (including phenoxy) is 1. The number of aryl methyl sites for hydroxylation is 1. The summed E-state index contributed by atoms with van der Waals surface area (Å²) in [5.74, 6) is -0.556. The molecule has 0 bridgehead atoms. The van der Waals surface area contributed by atoms with Gasteiger partial charge < -0.3 is 9.64 Å². The molecule has 0 aliphatic carbocycles. The van der Waals surface area contributed by atoms with E-state index < -0.39 is 6.36 Å². The van der Waals surface area contributed by atoms with Gasteiger partial charge in [-0.15, -0.1) is 13.2 Å². The van der Waals surface area contributed by atoms with Gasteiger partial charge in [-0.25, -0.2) is 0 Å². The van der Waals surface area contributed by atoms with Gasteiger partial charge in [0.15, 0.2) is 0 Å². The molecule has 0 unspecified atom stereocenters. The van der Waals surface area contributed by atoms with Gasteiger partial charge in [-0.3, -0.25) is 4.79 Å².